The van der Waals surface area contributed by atoms with E-state index in [1.165, 1.54) is 4.90 Å². The molecule has 3 rings (SSSR count). The van der Waals surface area contributed by atoms with E-state index in [4.69, 9.17) is 16.3 Å². The molecule has 1 heterocycles. The third-order valence-electron chi connectivity index (χ3n) is 4.84. The smallest absolute Gasteiger partial charge is 0.410 e. The van der Waals surface area contributed by atoms with E-state index in [9.17, 15) is 26.4 Å². The number of hydrogen-bond donors (Lipinski definition) is 0. The molecule has 0 bridgehead atoms. The van der Waals surface area contributed by atoms with Crippen LogP contribution in [0, 0.1) is 22.9 Å². The predicted molar refractivity (Wildman–Crippen MR) is 91.8 cm³/mol. The first-order valence-corrected chi connectivity index (χ1v) is 10.2. The minimum absolute atomic E-state index is 0.199. The number of rotatable bonds is 2. The van der Waals surface area contributed by atoms with Crippen LogP contribution in [0.3, 0.4) is 0 Å². The van der Waals surface area contributed by atoms with Gasteiger partial charge < -0.3 is 9.64 Å². The lowest BCUT2D eigenvalue weighted by Crippen LogP contribution is -2.66. The second kappa shape index (κ2) is 6.27. The van der Waals surface area contributed by atoms with E-state index in [0.29, 0.717) is 19.2 Å². The van der Waals surface area contributed by atoms with Gasteiger partial charge in [-0.3, -0.25) is 0 Å². The van der Waals surface area contributed by atoms with Crippen molar-refractivity contribution in [2.24, 2.45) is 5.41 Å². The van der Waals surface area contributed by atoms with E-state index in [1.54, 1.807) is 20.8 Å². The Morgan fingerprint density at radius 1 is 1.19 bits per heavy atom. The van der Waals surface area contributed by atoms with E-state index in [2.05, 4.69) is 0 Å². The number of nitrogens with zero attached hydrogens (tertiary/aromatic N) is 1. The van der Waals surface area contributed by atoms with Gasteiger partial charge in [0, 0.05) is 18.5 Å². The van der Waals surface area contributed by atoms with Crippen LogP contribution in [0.1, 0.15) is 33.6 Å². The van der Waals surface area contributed by atoms with Crippen LogP contribution in [0.25, 0.3) is 0 Å². The molecule has 2 aliphatic rings. The van der Waals surface area contributed by atoms with E-state index in [1.807, 2.05) is 0 Å². The van der Waals surface area contributed by atoms with Crippen molar-refractivity contribution >= 4 is 27.5 Å². The SMILES string of the molecule is CC(C)(C)OC(=O)N1CC2(CC(S(=O)(=O)c3cc(Cl)c(F)c(F)c3F)C2)C1. The summed E-state index contributed by atoms with van der Waals surface area (Å²) in [4.78, 5) is 12.5. The van der Waals surface area contributed by atoms with Crippen LogP contribution in [0.4, 0.5) is 18.0 Å². The van der Waals surface area contributed by atoms with Gasteiger partial charge in [0.15, 0.2) is 27.3 Å². The van der Waals surface area contributed by atoms with Gasteiger partial charge in [-0.05, 0) is 39.7 Å². The van der Waals surface area contributed by atoms with Crippen molar-refractivity contribution in [2.45, 2.75) is 49.4 Å². The van der Waals surface area contributed by atoms with E-state index >= 15 is 0 Å². The second-order valence-electron chi connectivity index (χ2n) is 8.21. The summed E-state index contributed by atoms with van der Waals surface area (Å²) in [5, 5.41) is -1.73. The molecule has 0 atom stereocenters. The summed E-state index contributed by atoms with van der Waals surface area (Å²) in [6.07, 6.45) is -0.0760. The zero-order valence-electron chi connectivity index (χ0n) is 15.0. The molecule has 0 N–H and O–H groups in total. The maximum absolute atomic E-state index is 14.0. The van der Waals surface area contributed by atoms with Crippen molar-refractivity contribution in [3.63, 3.8) is 0 Å². The first-order chi connectivity index (χ1) is 12.3. The average molecular weight is 426 g/mol. The van der Waals surface area contributed by atoms with Crippen LogP contribution < -0.4 is 0 Å². The van der Waals surface area contributed by atoms with Gasteiger partial charge >= 0.3 is 6.09 Å². The summed E-state index contributed by atoms with van der Waals surface area (Å²) in [7, 11) is -4.21. The normalized spacial score (nSPS) is 19.6. The lowest BCUT2D eigenvalue weighted by molar-refractivity contribution is -0.0671. The van der Waals surface area contributed by atoms with Crippen molar-refractivity contribution in [3.8, 4) is 0 Å². The zero-order valence-corrected chi connectivity index (χ0v) is 16.6. The van der Waals surface area contributed by atoms with Crippen LogP contribution in [0.15, 0.2) is 11.0 Å². The van der Waals surface area contributed by atoms with Gasteiger partial charge in [-0.15, -0.1) is 0 Å². The number of halogens is 4. The molecule has 1 aliphatic heterocycles. The molecule has 1 saturated carbocycles. The fourth-order valence-corrected chi connectivity index (χ4v) is 5.92. The van der Waals surface area contributed by atoms with Crippen LogP contribution in [-0.2, 0) is 14.6 Å². The highest BCUT2D eigenvalue weighted by Gasteiger charge is 2.58. The van der Waals surface area contributed by atoms with Crippen molar-refractivity contribution in [2.75, 3.05) is 13.1 Å². The molecule has 1 amide bonds. The molecular weight excluding hydrogens is 407 g/mol. The molecule has 0 unspecified atom stereocenters. The summed E-state index contributed by atoms with van der Waals surface area (Å²) in [6.45, 7) is 5.92. The van der Waals surface area contributed by atoms with Gasteiger partial charge in [-0.1, -0.05) is 11.6 Å². The Kier molecular flexibility index (Phi) is 4.70. The van der Waals surface area contributed by atoms with E-state index < -0.39 is 54.2 Å². The number of likely N-dealkylation sites (tertiary alicyclic amines) is 1. The van der Waals surface area contributed by atoms with Gasteiger partial charge in [0.05, 0.1) is 10.3 Å². The molecule has 1 aliphatic carbocycles. The molecule has 27 heavy (non-hydrogen) atoms. The lowest BCUT2D eigenvalue weighted by atomic mass is 9.63. The van der Waals surface area contributed by atoms with Gasteiger partial charge in [0.25, 0.3) is 0 Å². The number of hydrogen-bond acceptors (Lipinski definition) is 4. The number of benzene rings is 1. The molecule has 10 heteroatoms. The lowest BCUT2D eigenvalue weighted by Gasteiger charge is -2.58. The minimum Gasteiger partial charge on any atom is -0.444 e. The third kappa shape index (κ3) is 3.51. The average Bonchev–Trinajstić information content (AvgIpc) is 2.43. The van der Waals surface area contributed by atoms with Crippen molar-refractivity contribution in [1.82, 2.24) is 4.90 Å². The molecule has 150 valence electrons. The molecule has 1 aromatic carbocycles. The Labute approximate surface area is 160 Å². The molecule has 0 radical (unpaired) electrons. The van der Waals surface area contributed by atoms with E-state index in [0.717, 1.165) is 0 Å². The highest BCUT2D eigenvalue weighted by atomic mass is 35.5. The molecule has 5 nitrogen and oxygen atoms in total. The van der Waals surface area contributed by atoms with Crippen molar-refractivity contribution < 1.29 is 31.1 Å². The Hall–Kier alpha value is -1.48. The van der Waals surface area contributed by atoms with Gasteiger partial charge in [-0.2, -0.15) is 0 Å². The molecule has 0 aromatic heterocycles. The first kappa shape index (κ1) is 20.3. The number of amides is 1. The van der Waals surface area contributed by atoms with E-state index in [-0.39, 0.29) is 18.3 Å². The zero-order chi connectivity index (χ0) is 20.4. The Morgan fingerprint density at radius 2 is 1.74 bits per heavy atom. The summed E-state index contributed by atoms with van der Waals surface area (Å²) < 4.78 is 71.2. The van der Waals surface area contributed by atoms with Crippen LogP contribution in [-0.4, -0.2) is 43.4 Å². The summed E-state index contributed by atoms with van der Waals surface area (Å²) >= 11 is 5.46. The topological polar surface area (TPSA) is 63.7 Å². The first-order valence-electron chi connectivity index (χ1n) is 8.31. The van der Waals surface area contributed by atoms with Crippen molar-refractivity contribution in [3.05, 3.63) is 28.5 Å². The second-order valence-corrected chi connectivity index (χ2v) is 10.8. The van der Waals surface area contributed by atoms with Crippen molar-refractivity contribution in [1.29, 1.82) is 0 Å². The quantitative estimate of drug-likeness (QED) is 0.409. The summed E-state index contributed by atoms with van der Waals surface area (Å²) in [6, 6.07) is 0.601. The minimum atomic E-state index is -4.21. The fraction of sp³-hybridized carbons (Fsp3) is 0.588. The number of carbonyl (C=O) groups excluding carboxylic acids is 1. The van der Waals surface area contributed by atoms with Crippen LogP contribution >= 0.6 is 11.6 Å². The van der Waals surface area contributed by atoms with Gasteiger partial charge in [0.1, 0.15) is 10.5 Å². The Morgan fingerprint density at radius 3 is 2.26 bits per heavy atom. The number of carbonyl (C=O) groups is 1. The molecular formula is C17H19ClF3NO4S. The monoisotopic (exact) mass is 425 g/mol. The fourth-order valence-electron chi connectivity index (χ4n) is 3.54. The molecule has 1 spiro atoms. The highest BCUT2D eigenvalue weighted by Crippen LogP contribution is 2.52. The van der Waals surface area contributed by atoms with Gasteiger partial charge in [0.2, 0.25) is 0 Å². The maximum atomic E-state index is 14.0. The maximum Gasteiger partial charge on any atom is 0.410 e. The molecule has 2 fully saturated rings. The predicted octanol–water partition coefficient (Wildman–Crippen LogP) is 3.93. The number of sulfone groups is 1. The summed E-state index contributed by atoms with van der Waals surface area (Å²) in [5.74, 6) is -5.29. The number of ether oxygens (including phenoxy) is 1. The van der Waals surface area contributed by atoms with Crippen LogP contribution in [0.5, 0.6) is 0 Å². The largest absolute Gasteiger partial charge is 0.444 e. The van der Waals surface area contributed by atoms with Crippen LogP contribution in [0.2, 0.25) is 5.02 Å². The standard InChI is InChI=1S/C17H19ClF3NO4S/c1-16(2,3)26-15(23)22-7-17(8-22)5-9(6-17)27(24,25)11-4-10(18)12(19)14(21)13(11)20/h4,9H,5-8H2,1-3H3. The third-order valence-corrected chi connectivity index (χ3v) is 7.24. The van der Waals surface area contributed by atoms with Gasteiger partial charge in [-0.25, -0.2) is 26.4 Å². The highest BCUT2D eigenvalue weighted by molar-refractivity contribution is 7.92. The molecule has 1 aromatic rings. The summed E-state index contributed by atoms with van der Waals surface area (Å²) in [5.41, 5.74) is -0.998. The molecule has 1 saturated heterocycles. The Bertz CT molecular complexity index is 900. The Balaban J connectivity index is 1.68.